The van der Waals surface area contributed by atoms with Crippen LogP contribution in [0.2, 0.25) is 0 Å². The highest BCUT2D eigenvalue weighted by Gasteiger charge is 2.35. The van der Waals surface area contributed by atoms with Gasteiger partial charge in [-0.15, -0.1) is 0 Å². The minimum Gasteiger partial charge on any atom is -0.373 e. The van der Waals surface area contributed by atoms with Crippen LogP contribution in [0.4, 0.5) is 24.8 Å². The van der Waals surface area contributed by atoms with Gasteiger partial charge in [0.1, 0.15) is 11.6 Å². The Morgan fingerprint density at radius 1 is 1.16 bits per heavy atom. The molecule has 0 radical (unpaired) electrons. The summed E-state index contributed by atoms with van der Waals surface area (Å²) in [7, 11) is 1.52. The third-order valence-corrected chi connectivity index (χ3v) is 2.46. The van der Waals surface area contributed by atoms with Gasteiger partial charge in [-0.25, -0.2) is 9.97 Å². The summed E-state index contributed by atoms with van der Waals surface area (Å²) in [5, 5.41) is 5.57. The Labute approximate surface area is 110 Å². The topological polar surface area (TPSA) is 49.8 Å². The molecule has 0 saturated carbocycles. The smallest absolute Gasteiger partial charge is 0.373 e. The third kappa shape index (κ3) is 4.92. The largest absolute Gasteiger partial charge is 0.451 e. The Bertz CT molecular complexity index is 418. The molecule has 0 fully saturated rings. The molecule has 2 N–H and O–H groups in total. The van der Waals surface area contributed by atoms with Gasteiger partial charge in [0.15, 0.2) is 0 Å². The summed E-state index contributed by atoms with van der Waals surface area (Å²) in [5.41, 5.74) is 0. The zero-order valence-corrected chi connectivity index (χ0v) is 11.5. The van der Waals surface area contributed by atoms with Crippen molar-refractivity contribution < 1.29 is 13.2 Å². The maximum absolute atomic E-state index is 12.7. The molecule has 0 bridgehead atoms. The van der Waals surface area contributed by atoms with Crippen LogP contribution in [-0.4, -0.2) is 23.1 Å². The first-order valence-electron chi connectivity index (χ1n) is 6.13. The Morgan fingerprint density at radius 3 is 2.21 bits per heavy atom. The van der Waals surface area contributed by atoms with Crippen molar-refractivity contribution in [2.75, 3.05) is 17.7 Å². The molecular weight excluding hydrogens is 257 g/mol. The molecule has 0 aliphatic carbocycles. The summed E-state index contributed by atoms with van der Waals surface area (Å²) in [6.07, 6.45) is -3.70. The standard InChI is InChI=1S/C12H19F3N4/c1-7(2)5-8(3)17-10-6-9(16-4)18-11(19-10)12(13,14)15/h6-8H,5H2,1-4H3,(H2,16,17,18,19). The van der Waals surface area contributed by atoms with E-state index in [1.807, 2.05) is 6.92 Å². The highest BCUT2D eigenvalue weighted by atomic mass is 19.4. The molecule has 1 rings (SSSR count). The summed E-state index contributed by atoms with van der Waals surface area (Å²) in [5.74, 6) is -0.366. The number of nitrogens with one attached hydrogen (secondary N) is 2. The van der Waals surface area contributed by atoms with Gasteiger partial charge in [-0.05, 0) is 19.3 Å². The van der Waals surface area contributed by atoms with Gasteiger partial charge < -0.3 is 10.6 Å². The van der Waals surface area contributed by atoms with Crippen molar-refractivity contribution in [1.29, 1.82) is 0 Å². The minimum atomic E-state index is -4.55. The Morgan fingerprint density at radius 2 is 1.74 bits per heavy atom. The van der Waals surface area contributed by atoms with Gasteiger partial charge in [-0.2, -0.15) is 13.2 Å². The molecule has 1 aromatic heterocycles. The molecule has 1 unspecified atom stereocenters. The average molecular weight is 276 g/mol. The lowest BCUT2D eigenvalue weighted by Crippen LogP contribution is -2.20. The van der Waals surface area contributed by atoms with E-state index < -0.39 is 12.0 Å². The van der Waals surface area contributed by atoms with Gasteiger partial charge in [0.05, 0.1) is 0 Å². The van der Waals surface area contributed by atoms with Crippen molar-refractivity contribution in [3.05, 3.63) is 11.9 Å². The zero-order valence-electron chi connectivity index (χ0n) is 11.5. The molecule has 1 aromatic rings. The predicted molar refractivity (Wildman–Crippen MR) is 69.1 cm³/mol. The van der Waals surface area contributed by atoms with E-state index in [4.69, 9.17) is 0 Å². The van der Waals surface area contributed by atoms with Crippen molar-refractivity contribution in [3.63, 3.8) is 0 Å². The highest BCUT2D eigenvalue weighted by molar-refractivity contribution is 5.47. The van der Waals surface area contributed by atoms with Crippen molar-refractivity contribution in [2.45, 2.75) is 39.4 Å². The predicted octanol–water partition coefficient (Wildman–Crippen LogP) is 3.38. The number of aromatic nitrogens is 2. The number of rotatable bonds is 5. The fourth-order valence-electron chi connectivity index (χ4n) is 1.79. The fraction of sp³-hybridized carbons (Fsp3) is 0.667. The lowest BCUT2D eigenvalue weighted by atomic mass is 10.1. The maximum Gasteiger partial charge on any atom is 0.451 e. The van der Waals surface area contributed by atoms with E-state index in [1.54, 1.807) is 0 Å². The summed E-state index contributed by atoms with van der Waals surface area (Å²) in [6.45, 7) is 6.02. The number of alkyl halides is 3. The second-order valence-corrected chi connectivity index (χ2v) is 4.88. The van der Waals surface area contributed by atoms with Gasteiger partial charge in [0.25, 0.3) is 0 Å². The lowest BCUT2D eigenvalue weighted by molar-refractivity contribution is -0.144. The van der Waals surface area contributed by atoms with Crippen molar-refractivity contribution >= 4 is 11.6 Å². The molecule has 0 aromatic carbocycles. The number of hydrogen-bond donors (Lipinski definition) is 2. The molecule has 108 valence electrons. The molecule has 1 heterocycles. The number of hydrogen-bond acceptors (Lipinski definition) is 4. The molecule has 0 aliphatic rings. The Balaban J connectivity index is 2.94. The molecular formula is C12H19F3N4. The average Bonchev–Trinajstić information content (AvgIpc) is 2.25. The van der Waals surface area contributed by atoms with Crippen molar-refractivity contribution in [2.24, 2.45) is 5.92 Å². The number of halogens is 3. The molecule has 7 heteroatoms. The summed E-state index contributed by atoms with van der Waals surface area (Å²) >= 11 is 0. The van der Waals surface area contributed by atoms with Crippen LogP contribution in [0.25, 0.3) is 0 Å². The van der Waals surface area contributed by atoms with Gasteiger partial charge in [-0.3, -0.25) is 0 Å². The first-order chi connectivity index (χ1) is 8.72. The molecule has 0 aliphatic heterocycles. The zero-order chi connectivity index (χ0) is 14.6. The van der Waals surface area contributed by atoms with E-state index in [-0.39, 0.29) is 17.7 Å². The Kier molecular flexibility index (Phi) is 4.97. The normalized spacial score (nSPS) is 13.5. The SMILES string of the molecule is CNc1cc(NC(C)CC(C)C)nc(C(F)(F)F)n1. The monoisotopic (exact) mass is 276 g/mol. The Hall–Kier alpha value is -1.53. The van der Waals surface area contributed by atoms with Crippen LogP contribution in [-0.2, 0) is 6.18 Å². The van der Waals surface area contributed by atoms with E-state index in [9.17, 15) is 13.2 Å². The van der Waals surface area contributed by atoms with Crippen molar-refractivity contribution in [3.8, 4) is 0 Å². The molecule has 1 atom stereocenters. The molecule has 19 heavy (non-hydrogen) atoms. The van der Waals surface area contributed by atoms with Crippen LogP contribution in [0, 0.1) is 5.92 Å². The van der Waals surface area contributed by atoms with E-state index in [2.05, 4.69) is 34.4 Å². The van der Waals surface area contributed by atoms with E-state index >= 15 is 0 Å². The van der Waals surface area contributed by atoms with Gasteiger partial charge >= 0.3 is 6.18 Å². The molecule has 0 amide bonds. The number of anilines is 2. The summed E-state index contributed by atoms with van der Waals surface area (Å²) < 4.78 is 38.0. The lowest BCUT2D eigenvalue weighted by Gasteiger charge is -2.18. The highest BCUT2D eigenvalue weighted by Crippen LogP contribution is 2.28. The first-order valence-corrected chi connectivity index (χ1v) is 6.13. The van der Waals surface area contributed by atoms with Crippen LogP contribution in [0.1, 0.15) is 33.0 Å². The quantitative estimate of drug-likeness (QED) is 0.865. The second kappa shape index (κ2) is 6.08. The molecule has 4 nitrogen and oxygen atoms in total. The maximum atomic E-state index is 12.7. The van der Waals surface area contributed by atoms with Crippen LogP contribution in [0.5, 0.6) is 0 Å². The van der Waals surface area contributed by atoms with Crippen molar-refractivity contribution in [1.82, 2.24) is 9.97 Å². The third-order valence-electron chi connectivity index (χ3n) is 2.46. The summed E-state index contributed by atoms with van der Waals surface area (Å²) in [4.78, 5) is 6.92. The van der Waals surface area contributed by atoms with Crippen LogP contribution in [0.3, 0.4) is 0 Å². The van der Waals surface area contributed by atoms with Gasteiger partial charge in [0.2, 0.25) is 5.82 Å². The molecule has 0 spiro atoms. The van der Waals surface area contributed by atoms with Gasteiger partial charge in [-0.1, -0.05) is 13.8 Å². The van der Waals surface area contributed by atoms with E-state index in [0.29, 0.717) is 5.92 Å². The first kappa shape index (κ1) is 15.5. The van der Waals surface area contributed by atoms with Crippen LogP contribution in [0.15, 0.2) is 6.07 Å². The second-order valence-electron chi connectivity index (χ2n) is 4.88. The fourth-order valence-corrected chi connectivity index (χ4v) is 1.79. The molecule has 0 saturated heterocycles. The van der Waals surface area contributed by atoms with E-state index in [0.717, 1.165) is 6.42 Å². The van der Waals surface area contributed by atoms with Crippen LogP contribution >= 0.6 is 0 Å². The van der Waals surface area contributed by atoms with E-state index in [1.165, 1.54) is 13.1 Å². The van der Waals surface area contributed by atoms with Crippen LogP contribution < -0.4 is 10.6 Å². The van der Waals surface area contributed by atoms with Gasteiger partial charge in [0, 0.05) is 19.2 Å². The minimum absolute atomic E-state index is 0.0423. The summed E-state index contributed by atoms with van der Waals surface area (Å²) in [6, 6.07) is 1.51. The number of nitrogens with zero attached hydrogens (tertiary/aromatic N) is 2.